The van der Waals surface area contributed by atoms with Crippen molar-refractivity contribution in [3.05, 3.63) is 71.9 Å². The van der Waals surface area contributed by atoms with Crippen molar-refractivity contribution in [2.45, 2.75) is 31.8 Å². The predicted octanol–water partition coefficient (Wildman–Crippen LogP) is 2.66. The molecule has 7 heteroatoms. The lowest BCUT2D eigenvalue weighted by Gasteiger charge is -2.23. The lowest BCUT2D eigenvalue weighted by atomic mass is 10.1. The first-order valence-corrected chi connectivity index (χ1v) is 9.76. The topological polar surface area (TPSA) is 71.2 Å². The van der Waals surface area contributed by atoms with Gasteiger partial charge in [0.2, 0.25) is 5.91 Å². The minimum atomic E-state index is -0.279. The van der Waals surface area contributed by atoms with E-state index < -0.39 is 0 Å². The van der Waals surface area contributed by atoms with Crippen LogP contribution in [-0.2, 0) is 17.8 Å². The van der Waals surface area contributed by atoms with Crippen LogP contribution in [-0.4, -0.2) is 49.9 Å². The van der Waals surface area contributed by atoms with Crippen LogP contribution < -0.4 is 0 Å². The molecule has 0 unspecified atom stereocenters. The van der Waals surface area contributed by atoms with Crippen LogP contribution in [0.3, 0.4) is 0 Å². The quantitative estimate of drug-likeness (QED) is 0.698. The second-order valence-corrected chi connectivity index (χ2v) is 7.28. The Morgan fingerprint density at radius 2 is 1.93 bits per heavy atom. The molecule has 1 atom stereocenters. The number of halogens is 1. The van der Waals surface area contributed by atoms with Crippen LogP contribution in [0.4, 0.5) is 4.39 Å². The molecule has 0 radical (unpaired) electrons. The Morgan fingerprint density at radius 3 is 2.66 bits per heavy atom. The SMILES string of the molecule is O=C(Cn1nc(-c2ccncc2)cc1Cc1ccc(F)cc1)N1CCC[C@@H]1CO. The number of carbonyl (C=O) groups is 1. The van der Waals surface area contributed by atoms with Crippen LogP contribution in [0.25, 0.3) is 11.3 Å². The Morgan fingerprint density at radius 1 is 1.17 bits per heavy atom. The molecule has 1 N–H and O–H groups in total. The molecule has 1 amide bonds. The van der Waals surface area contributed by atoms with E-state index in [1.54, 1.807) is 34.1 Å². The molecule has 6 nitrogen and oxygen atoms in total. The van der Waals surface area contributed by atoms with Gasteiger partial charge < -0.3 is 10.0 Å². The number of aliphatic hydroxyl groups excluding tert-OH is 1. The Kier molecular flexibility index (Phi) is 5.67. The molecule has 0 bridgehead atoms. The first kappa shape index (κ1) is 19.3. The third kappa shape index (κ3) is 4.35. The number of aliphatic hydroxyl groups is 1. The number of likely N-dealkylation sites (tertiary alicyclic amines) is 1. The van der Waals surface area contributed by atoms with Gasteiger partial charge in [0.05, 0.1) is 18.3 Å². The summed E-state index contributed by atoms with van der Waals surface area (Å²) in [6, 6.07) is 11.9. The zero-order valence-corrected chi connectivity index (χ0v) is 16.0. The Labute approximate surface area is 168 Å². The van der Waals surface area contributed by atoms with Crippen molar-refractivity contribution < 1.29 is 14.3 Å². The van der Waals surface area contributed by atoms with Gasteiger partial charge in [-0.05, 0) is 48.7 Å². The molecule has 1 aliphatic rings. The van der Waals surface area contributed by atoms with Crippen molar-refractivity contribution in [3.63, 3.8) is 0 Å². The van der Waals surface area contributed by atoms with Gasteiger partial charge in [-0.3, -0.25) is 14.5 Å². The average Bonchev–Trinajstić information content (AvgIpc) is 3.37. The summed E-state index contributed by atoms with van der Waals surface area (Å²) in [6.45, 7) is 0.753. The van der Waals surface area contributed by atoms with Crippen molar-refractivity contribution >= 4 is 5.91 Å². The Hall–Kier alpha value is -3.06. The van der Waals surface area contributed by atoms with Crippen LogP contribution in [0.5, 0.6) is 0 Å². The molecule has 0 aliphatic carbocycles. The van der Waals surface area contributed by atoms with Crippen molar-refractivity contribution in [2.75, 3.05) is 13.2 Å². The number of carbonyl (C=O) groups excluding carboxylic acids is 1. The van der Waals surface area contributed by atoms with Crippen LogP contribution in [0, 0.1) is 5.82 Å². The van der Waals surface area contributed by atoms with Crippen LogP contribution >= 0.6 is 0 Å². The summed E-state index contributed by atoms with van der Waals surface area (Å²) in [5, 5.41) is 14.2. The van der Waals surface area contributed by atoms with Crippen molar-refractivity contribution in [2.24, 2.45) is 0 Å². The maximum absolute atomic E-state index is 13.3. The zero-order valence-electron chi connectivity index (χ0n) is 16.0. The van der Waals surface area contributed by atoms with Crippen LogP contribution in [0.1, 0.15) is 24.1 Å². The molecule has 0 spiro atoms. The van der Waals surface area contributed by atoms with Gasteiger partial charge in [0.1, 0.15) is 12.4 Å². The number of aromatic nitrogens is 3. The fourth-order valence-electron chi connectivity index (χ4n) is 3.78. The van der Waals surface area contributed by atoms with Gasteiger partial charge in [0.15, 0.2) is 0 Å². The lowest BCUT2D eigenvalue weighted by Crippen LogP contribution is -2.40. The van der Waals surface area contributed by atoms with Crippen LogP contribution in [0.2, 0.25) is 0 Å². The molecule has 3 aromatic rings. The number of amides is 1. The molecule has 3 heterocycles. The maximum Gasteiger partial charge on any atom is 0.244 e. The van der Waals surface area contributed by atoms with E-state index in [1.165, 1.54) is 12.1 Å². The predicted molar refractivity (Wildman–Crippen MR) is 106 cm³/mol. The highest BCUT2D eigenvalue weighted by Crippen LogP contribution is 2.22. The Bertz CT molecular complexity index is 972. The lowest BCUT2D eigenvalue weighted by molar-refractivity contribution is -0.133. The summed E-state index contributed by atoms with van der Waals surface area (Å²) in [7, 11) is 0. The maximum atomic E-state index is 13.3. The Balaban J connectivity index is 1.62. The summed E-state index contributed by atoms with van der Waals surface area (Å²) in [4.78, 5) is 18.7. The molecule has 29 heavy (non-hydrogen) atoms. The first-order valence-electron chi connectivity index (χ1n) is 9.76. The number of benzene rings is 1. The third-order valence-electron chi connectivity index (χ3n) is 5.33. The number of rotatable bonds is 6. The smallest absolute Gasteiger partial charge is 0.244 e. The molecule has 1 fully saturated rings. The molecule has 1 aromatic carbocycles. The molecule has 0 saturated carbocycles. The van der Waals surface area contributed by atoms with E-state index in [4.69, 9.17) is 0 Å². The molecular weight excluding hydrogens is 371 g/mol. The monoisotopic (exact) mass is 394 g/mol. The minimum absolute atomic E-state index is 0.0183. The normalized spacial score (nSPS) is 16.3. The summed E-state index contributed by atoms with van der Waals surface area (Å²) in [5.41, 5.74) is 3.49. The number of nitrogens with zero attached hydrogens (tertiary/aromatic N) is 4. The average molecular weight is 394 g/mol. The van der Waals surface area contributed by atoms with E-state index in [0.29, 0.717) is 13.0 Å². The third-order valence-corrected chi connectivity index (χ3v) is 5.33. The molecule has 1 saturated heterocycles. The van der Waals surface area contributed by atoms with E-state index in [-0.39, 0.29) is 30.9 Å². The summed E-state index contributed by atoms with van der Waals surface area (Å²) >= 11 is 0. The van der Waals surface area contributed by atoms with Gasteiger partial charge in [-0.2, -0.15) is 5.10 Å². The number of pyridine rings is 1. The van der Waals surface area contributed by atoms with E-state index in [0.717, 1.165) is 35.4 Å². The van der Waals surface area contributed by atoms with E-state index in [9.17, 15) is 14.3 Å². The van der Waals surface area contributed by atoms with E-state index in [1.807, 2.05) is 18.2 Å². The summed E-state index contributed by atoms with van der Waals surface area (Å²) < 4.78 is 15.0. The second-order valence-electron chi connectivity index (χ2n) is 7.28. The summed E-state index contributed by atoms with van der Waals surface area (Å²) in [5.74, 6) is -0.328. The van der Waals surface area contributed by atoms with E-state index >= 15 is 0 Å². The first-order chi connectivity index (χ1) is 14.1. The second kappa shape index (κ2) is 8.53. The highest BCUT2D eigenvalue weighted by atomic mass is 19.1. The van der Waals surface area contributed by atoms with Crippen LogP contribution in [0.15, 0.2) is 54.9 Å². The highest BCUT2D eigenvalue weighted by Gasteiger charge is 2.28. The van der Waals surface area contributed by atoms with Gasteiger partial charge in [-0.1, -0.05) is 12.1 Å². The fraction of sp³-hybridized carbons (Fsp3) is 0.318. The van der Waals surface area contributed by atoms with Crippen molar-refractivity contribution in [1.82, 2.24) is 19.7 Å². The fourth-order valence-corrected chi connectivity index (χ4v) is 3.78. The molecule has 1 aliphatic heterocycles. The minimum Gasteiger partial charge on any atom is -0.394 e. The summed E-state index contributed by atoms with van der Waals surface area (Å²) in [6.07, 6.45) is 5.67. The number of hydrogen-bond donors (Lipinski definition) is 1. The van der Waals surface area contributed by atoms with Gasteiger partial charge in [0.25, 0.3) is 0 Å². The largest absolute Gasteiger partial charge is 0.394 e. The zero-order chi connectivity index (χ0) is 20.2. The number of hydrogen-bond acceptors (Lipinski definition) is 4. The molecule has 2 aromatic heterocycles. The van der Waals surface area contributed by atoms with Gasteiger partial charge in [0, 0.05) is 36.6 Å². The van der Waals surface area contributed by atoms with Gasteiger partial charge in [-0.25, -0.2) is 4.39 Å². The molecule has 4 rings (SSSR count). The van der Waals surface area contributed by atoms with Gasteiger partial charge in [-0.15, -0.1) is 0 Å². The molecule has 150 valence electrons. The molecular formula is C22H23FN4O2. The van der Waals surface area contributed by atoms with Gasteiger partial charge >= 0.3 is 0 Å². The highest BCUT2D eigenvalue weighted by molar-refractivity contribution is 5.77. The standard InChI is InChI=1S/C22H23FN4O2/c23-18-5-3-16(4-6-18)12-20-13-21(17-7-9-24-10-8-17)25-27(20)14-22(29)26-11-1-2-19(26)15-28/h3-10,13,19,28H,1-2,11-12,14-15H2/t19-/m1/s1. The van der Waals surface area contributed by atoms with Crippen molar-refractivity contribution in [3.8, 4) is 11.3 Å². The van der Waals surface area contributed by atoms with E-state index in [2.05, 4.69) is 10.1 Å². The van der Waals surface area contributed by atoms with Crippen molar-refractivity contribution in [1.29, 1.82) is 0 Å².